The van der Waals surface area contributed by atoms with Crippen LogP contribution in [0.5, 0.6) is 0 Å². The van der Waals surface area contributed by atoms with Gasteiger partial charge in [0.2, 0.25) is 0 Å². The van der Waals surface area contributed by atoms with Crippen LogP contribution < -0.4 is 5.73 Å². The average Bonchev–Trinajstić information content (AvgIpc) is 3.20. The minimum Gasteiger partial charge on any atom is -0.375 e. The maximum Gasteiger partial charge on any atom is 0.0771 e. The molecule has 20 heavy (non-hydrogen) atoms. The smallest absolute Gasteiger partial charge is 0.0771 e. The molecule has 0 aromatic heterocycles. The summed E-state index contributed by atoms with van der Waals surface area (Å²) in [5.74, 6) is 0. The van der Waals surface area contributed by atoms with E-state index in [2.05, 4.69) is 49.1 Å². The van der Waals surface area contributed by atoms with Gasteiger partial charge in [-0.1, -0.05) is 44.2 Å². The second-order valence-corrected chi connectivity index (χ2v) is 6.96. The molecule has 3 heteroatoms. The Hall–Kier alpha value is -0.900. The molecule has 2 fully saturated rings. The van der Waals surface area contributed by atoms with E-state index < -0.39 is 0 Å². The molecule has 1 heterocycles. The Morgan fingerprint density at radius 2 is 2.00 bits per heavy atom. The van der Waals surface area contributed by atoms with E-state index in [4.69, 9.17) is 10.5 Å². The van der Waals surface area contributed by atoms with Gasteiger partial charge in [0.1, 0.15) is 0 Å². The van der Waals surface area contributed by atoms with Crippen LogP contribution in [0.25, 0.3) is 0 Å². The number of hydrogen-bond donors (Lipinski definition) is 1. The van der Waals surface area contributed by atoms with Crippen molar-refractivity contribution < 1.29 is 4.74 Å². The van der Waals surface area contributed by atoms with Gasteiger partial charge >= 0.3 is 0 Å². The summed E-state index contributed by atoms with van der Waals surface area (Å²) < 4.78 is 6.06. The van der Waals surface area contributed by atoms with Gasteiger partial charge in [-0.3, -0.25) is 4.90 Å². The molecule has 1 saturated carbocycles. The van der Waals surface area contributed by atoms with E-state index in [1.165, 1.54) is 5.56 Å². The lowest BCUT2D eigenvalue weighted by molar-refractivity contribution is -0.0980. The number of morpholine rings is 1. The fourth-order valence-electron chi connectivity index (χ4n) is 3.22. The molecule has 1 aliphatic carbocycles. The monoisotopic (exact) mass is 274 g/mol. The van der Waals surface area contributed by atoms with Gasteiger partial charge in [-0.25, -0.2) is 0 Å². The number of nitrogens with two attached hydrogens (primary N) is 1. The number of ether oxygens (including phenoxy) is 1. The first-order valence-corrected chi connectivity index (χ1v) is 7.68. The number of benzene rings is 1. The van der Waals surface area contributed by atoms with Crippen LogP contribution in [-0.4, -0.2) is 36.2 Å². The van der Waals surface area contributed by atoms with Crippen LogP contribution in [0.3, 0.4) is 0 Å². The van der Waals surface area contributed by atoms with E-state index in [9.17, 15) is 0 Å². The fourth-order valence-corrected chi connectivity index (χ4v) is 3.22. The van der Waals surface area contributed by atoms with Crippen LogP contribution in [-0.2, 0) is 11.3 Å². The van der Waals surface area contributed by atoms with E-state index in [1.54, 1.807) is 0 Å². The quantitative estimate of drug-likeness (QED) is 0.916. The number of rotatable bonds is 4. The van der Waals surface area contributed by atoms with Gasteiger partial charge in [0.15, 0.2) is 0 Å². The first kappa shape index (κ1) is 14.1. The molecule has 1 atom stereocenters. The molecule has 3 rings (SSSR count). The molecule has 1 saturated heterocycles. The summed E-state index contributed by atoms with van der Waals surface area (Å²) in [6.07, 6.45) is 2.52. The van der Waals surface area contributed by atoms with E-state index in [0.29, 0.717) is 0 Å². The lowest BCUT2D eigenvalue weighted by Crippen LogP contribution is -2.56. The largest absolute Gasteiger partial charge is 0.375 e. The summed E-state index contributed by atoms with van der Waals surface area (Å²) in [5.41, 5.74) is 7.88. The standard InChI is InChI=1S/C17H26N2O/c1-16(2,17(18)8-9-17)15-13-19(10-11-20-15)12-14-6-4-3-5-7-14/h3-7,15H,8-13,18H2,1-2H3. The molecule has 0 amide bonds. The van der Waals surface area contributed by atoms with Crippen molar-refractivity contribution in [1.82, 2.24) is 4.90 Å². The SMILES string of the molecule is CC(C)(C1CN(Cc2ccccc2)CCO1)C1(N)CC1. The Labute approximate surface area is 122 Å². The van der Waals surface area contributed by atoms with Crippen LogP contribution in [0.2, 0.25) is 0 Å². The first-order chi connectivity index (χ1) is 9.51. The summed E-state index contributed by atoms with van der Waals surface area (Å²) in [6.45, 7) is 8.37. The maximum atomic E-state index is 6.45. The van der Waals surface area contributed by atoms with Crippen LogP contribution in [0.15, 0.2) is 30.3 Å². The normalized spacial score (nSPS) is 26.4. The van der Waals surface area contributed by atoms with E-state index in [1.807, 2.05) is 0 Å². The van der Waals surface area contributed by atoms with Crippen molar-refractivity contribution in [2.45, 2.75) is 44.9 Å². The van der Waals surface area contributed by atoms with Crippen molar-refractivity contribution in [2.24, 2.45) is 11.1 Å². The molecule has 2 aliphatic rings. The molecule has 0 spiro atoms. The van der Waals surface area contributed by atoms with Gasteiger partial charge in [0, 0.05) is 30.6 Å². The second kappa shape index (κ2) is 5.14. The fraction of sp³-hybridized carbons (Fsp3) is 0.647. The van der Waals surface area contributed by atoms with Gasteiger partial charge < -0.3 is 10.5 Å². The predicted molar refractivity (Wildman–Crippen MR) is 81.4 cm³/mol. The van der Waals surface area contributed by atoms with Gasteiger partial charge in [0.05, 0.1) is 12.7 Å². The molecule has 0 bridgehead atoms. The molecule has 1 aromatic carbocycles. The highest BCUT2D eigenvalue weighted by atomic mass is 16.5. The third-order valence-electron chi connectivity index (χ3n) is 5.28. The molecule has 1 aromatic rings. The second-order valence-electron chi connectivity index (χ2n) is 6.96. The summed E-state index contributed by atoms with van der Waals surface area (Å²) in [4.78, 5) is 2.50. The lowest BCUT2D eigenvalue weighted by Gasteiger charge is -2.44. The zero-order valence-electron chi connectivity index (χ0n) is 12.6. The Bertz CT molecular complexity index is 453. The Morgan fingerprint density at radius 1 is 1.30 bits per heavy atom. The van der Waals surface area contributed by atoms with E-state index in [0.717, 1.165) is 39.1 Å². The van der Waals surface area contributed by atoms with Crippen molar-refractivity contribution >= 4 is 0 Å². The topological polar surface area (TPSA) is 38.5 Å². The highest BCUT2D eigenvalue weighted by Gasteiger charge is 2.55. The van der Waals surface area contributed by atoms with E-state index in [-0.39, 0.29) is 17.1 Å². The zero-order chi connectivity index (χ0) is 14.2. The number of hydrogen-bond acceptors (Lipinski definition) is 3. The molecule has 110 valence electrons. The molecule has 1 aliphatic heterocycles. The third kappa shape index (κ3) is 2.62. The van der Waals surface area contributed by atoms with E-state index >= 15 is 0 Å². The average molecular weight is 274 g/mol. The van der Waals surface area contributed by atoms with Crippen molar-refractivity contribution in [3.8, 4) is 0 Å². The molecule has 3 nitrogen and oxygen atoms in total. The summed E-state index contributed by atoms with van der Waals surface area (Å²) in [5, 5.41) is 0. The Morgan fingerprint density at radius 3 is 2.65 bits per heavy atom. The lowest BCUT2D eigenvalue weighted by atomic mass is 9.76. The van der Waals surface area contributed by atoms with Crippen LogP contribution in [0.4, 0.5) is 0 Å². The van der Waals surface area contributed by atoms with Crippen LogP contribution in [0, 0.1) is 5.41 Å². The molecular weight excluding hydrogens is 248 g/mol. The van der Waals surface area contributed by atoms with Crippen molar-refractivity contribution in [3.05, 3.63) is 35.9 Å². The Balaban J connectivity index is 1.65. The molecule has 0 radical (unpaired) electrons. The minimum atomic E-state index is -0.00652. The molecule has 1 unspecified atom stereocenters. The molecule has 2 N–H and O–H groups in total. The van der Waals surface area contributed by atoms with Crippen LogP contribution in [0.1, 0.15) is 32.3 Å². The maximum absolute atomic E-state index is 6.45. The molecular formula is C17H26N2O. The predicted octanol–water partition coefficient (Wildman–Crippen LogP) is 2.40. The zero-order valence-corrected chi connectivity index (χ0v) is 12.6. The highest BCUT2D eigenvalue weighted by molar-refractivity contribution is 5.15. The highest BCUT2D eigenvalue weighted by Crippen LogP contribution is 2.50. The summed E-state index contributed by atoms with van der Waals surface area (Å²) in [7, 11) is 0. The van der Waals surface area contributed by atoms with Crippen LogP contribution >= 0.6 is 0 Å². The van der Waals surface area contributed by atoms with Crippen molar-refractivity contribution in [1.29, 1.82) is 0 Å². The number of nitrogens with zero attached hydrogens (tertiary/aromatic N) is 1. The van der Waals surface area contributed by atoms with Gasteiger partial charge in [-0.2, -0.15) is 0 Å². The van der Waals surface area contributed by atoms with Gasteiger partial charge in [0.25, 0.3) is 0 Å². The van der Waals surface area contributed by atoms with Gasteiger partial charge in [-0.15, -0.1) is 0 Å². The minimum absolute atomic E-state index is 0.00652. The third-order valence-corrected chi connectivity index (χ3v) is 5.28. The Kier molecular flexibility index (Phi) is 3.61. The van der Waals surface area contributed by atoms with Gasteiger partial charge in [-0.05, 0) is 18.4 Å². The van der Waals surface area contributed by atoms with Crippen molar-refractivity contribution in [2.75, 3.05) is 19.7 Å². The summed E-state index contributed by atoms with van der Waals surface area (Å²) in [6, 6.07) is 10.7. The summed E-state index contributed by atoms with van der Waals surface area (Å²) >= 11 is 0. The van der Waals surface area contributed by atoms with Crippen molar-refractivity contribution in [3.63, 3.8) is 0 Å². The first-order valence-electron chi connectivity index (χ1n) is 7.68.